The van der Waals surface area contributed by atoms with E-state index in [9.17, 15) is 0 Å². The molecule has 0 heterocycles. The Kier molecular flexibility index (Phi) is 7.37. The van der Waals surface area contributed by atoms with E-state index in [4.69, 9.17) is 9.47 Å². The zero-order valence-electron chi connectivity index (χ0n) is 13.7. The molecule has 0 saturated carbocycles. The lowest BCUT2D eigenvalue weighted by Gasteiger charge is -2.25. The van der Waals surface area contributed by atoms with Gasteiger partial charge in [-0.3, -0.25) is 0 Å². The van der Waals surface area contributed by atoms with Crippen molar-refractivity contribution in [2.75, 3.05) is 26.5 Å². The molecule has 0 spiro atoms. The average Bonchev–Trinajstić information content (AvgIpc) is 2.42. The summed E-state index contributed by atoms with van der Waals surface area (Å²) in [5, 5.41) is 3.55. The molecule has 5 heteroatoms. The Morgan fingerprint density at radius 2 is 1.90 bits per heavy atom. The summed E-state index contributed by atoms with van der Waals surface area (Å²) in [5.41, 5.74) is 1.16. The number of methoxy groups -OCH3 is 2. The SMILES string of the molecule is CCNC(CSC(C)(C)C)c1ccc(OC)c(Br)c1OC. The second kappa shape index (κ2) is 8.30. The van der Waals surface area contributed by atoms with Gasteiger partial charge in [0.05, 0.1) is 14.2 Å². The largest absolute Gasteiger partial charge is 0.495 e. The topological polar surface area (TPSA) is 30.5 Å². The Hall–Kier alpha value is -0.390. The minimum atomic E-state index is 0.241. The van der Waals surface area contributed by atoms with Crippen LogP contribution in [-0.4, -0.2) is 31.3 Å². The summed E-state index contributed by atoms with van der Waals surface area (Å²) >= 11 is 5.52. The van der Waals surface area contributed by atoms with Crippen molar-refractivity contribution in [3.05, 3.63) is 22.2 Å². The molecule has 0 fully saturated rings. The van der Waals surface area contributed by atoms with E-state index in [-0.39, 0.29) is 10.8 Å². The molecule has 1 rings (SSSR count). The average molecular weight is 376 g/mol. The van der Waals surface area contributed by atoms with Gasteiger partial charge in [-0.05, 0) is 34.6 Å². The Morgan fingerprint density at radius 3 is 2.38 bits per heavy atom. The molecule has 0 aromatic heterocycles. The van der Waals surface area contributed by atoms with E-state index in [1.54, 1.807) is 14.2 Å². The van der Waals surface area contributed by atoms with Crippen LogP contribution in [0.25, 0.3) is 0 Å². The number of nitrogens with one attached hydrogen (secondary N) is 1. The molecular formula is C16H26BrNO2S. The molecule has 0 radical (unpaired) electrons. The fraction of sp³-hybridized carbons (Fsp3) is 0.625. The molecule has 0 bridgehead atoms. The van der Waals surface area contributed by atoms with Gasteiger partial charge in [-0.1, -0.05) is 27.7 Å². The second-order valence-electron chi connectivity index (χ2n) is 5.74. The summed E-state index contributed by atoms with van der Waals surface area (Å²) in [6, 6.07) is 4.31. The lowest BCUT2D eigenvalue weighted by atomic mass is 10.1. The summed E-state index contributed by atoms with van der Waals surface area (Å²) in [4.78, 5) is 0. The quantitative estimate of drug-likeness (QED) is 0.751. The van der Waals surface area contributed by atoms with Gasteiger partial charge in [0.25, 0.3) is 0 Å². The van der Waals surface area contributed by atoms with Crippen molar-refractivity contribution < 1.29 is 9.47 Å². The van der Waals surface area contributed by atoms with E-state index in [1.807, 2.05) is 17.8 Å². The standard InChI is InChI=1S/C16H26BrNO2S/c1-7-18-12(10-21-16(2,3)4)11-8-9-13(19-5)14(17)15(11)20-6/h8-9,12,18H,7,10H2,1-6H3. The van der Waals surface area contributed by atoms with Gasteiger partial charge in [-0.25, -0.2) is 0 Å². The maximum absolute atomic E-state index is 5.60. The Bertz CT molecular complexity index is 460. The van der Waals surface area contributed by atoms with Gasteiger partial charge < -0.3 is 14.8 Å². The van der Waals surface area contributed by atoms with Crippen LogP contribution in [0.3, 0.4) is 0 Å². The lowest BCUT2D eigenvalue weighted by Crippen LogP contribution is -2.25. The number of thioether (sulfide) groups is 1. The van der Waals surface area contributed by atoms with Gasteiger partial charge in [0.15, 0.2) is 0 Å². The van der Waals surface area contributed by atoms with Gasteiger partial charge in [-0.2, -0.15) is 11.8 Å². The highest BCUT2D eigenvalue weighted by Gasteiger charge is 2.22. The fourth-order valence-electron chi connectivity index (χ4n) is 2.03. The fourth-order valence-corrected chi connectivity index (χ4v) is 3.68. The molecule has 0 saturated heterocycles. The van der Waals surface area contributed by atoms with Crippen LogP contribution in [0.15, 0.2) is 16.6 Å². The molecule has 0 amide bonds. The van der Waals surface area contributed by atoms with Gasteiger partial charge >= 0.3 is 0 Å². The van der Waals surface area contributed by atoms with E-state index in [2.05, 4.69) is 55.0 Å². The van der Waals surface area contributed by atoms with Crippen molar-refractivity contribution in [2.24, 2.45) is 0 Å². The highest BCUT2D eigenvalue weighted by atomic mass is 79.9. The van der Waals surface area contributed by atoms with Crippen LogP contribution in [0.1, 0.15) is 39.3 Å². The Labute approximate surface area is 141 Å². The van der Waals surface area contributed by atoms with Crippen molar-refractivity contribution in [1.82, 2.24) is 5.32 Å². The first kappa shape index (κ1) is 18.7. The highest BCUT2D eigenvalue weighted by molar-refractivity contribution is 9.10. The minimum absolute atomic E-state index is 0.241. The highest BCUT2D eigenvalue weighted by Crippen LogP contribution is 2.41. The first-order valence-electron chi connectivity index (χ1n) is 7.11. The summed E-state index contributed by atoms with van der Waals surface area (Å²) in [7, 11) is 3.36. The van der Waals surface area contributed by atoms with Crippen molar-refractivity contribution in [3.8, 4) is 11.5 Å². The molecule has 1 aromatic rings. The third-order valence-corrected chi connectivity index (χ3v) is 5.14. The van der Waals surface area contributed by atoms with Crippen molar-refractivity contribution in [1.29, 1.82) is 0 Å². The van der Waals surface area contributed by atoms with Gasteiger partial charge in [0.1, 0.15) is 16.0 Å². The summed E-state index contributed by atoms with van der Waals surface area (Å²) in [5.74, 6) is 2.62. The summed E-state index contributed by atoms with van der Waals surface area (Å²) < 4.78 is 12.1. The van der Waals surface area contributed by atoms with Crippen LogP contribution >= 0.6 is 27.7 Å². The van der Waals surface area contributed by atoms with E-state index in [1.165, 1.54) is 0 Å². The number of rotatable bonds is 7. The third kappa shape index (κ3) is 5.38. The summed E-state index contributed by atoms with van der Waals surface area (Å²) in [6.07, 6.45) is 0. The number of ether oxygens (including phenoxy) is 2. The second-order valence-corrected chi connectivity index (χ2v) is 8.38. The van der Waals surface area contributed by atoms with E-state index in [0.717, 1.165) is 33.8 Å². The van der Waals surface area contributed by atoms with Crippen LogP contribution in [0, 0.1) is 0 Å². The molecule has 1 atom stereocenters. The molecule has 1 unspecified atom stereocenters. The lowest BCUT2D eigenvalue weighted by molar-refractivity contribution is 0.382. The molecule has 0 aliphatic rings. The molecule has 120 valence electrons. The predicted molar refractivity (Wildman–Crippen MR) is 95.9 cm³/mol. The van der Waals surface area contributed by atoms with E-state index < -0.39 is 0 Å². The maximum atomic E-state index is 5.60. The third-order valence-electron chi connectivity index (χ3n) is 3.03. The van der Waals surface area contributed by atoms with Crippen molar-refractivity contribution in [2.45, 2.75) is 38.5 Å². The first-order valence-corrected chi connectivity index (χ1v) is 8.89. The normalized spacial score (nSPS) is 13.1. The number of hydrogen-bond donors (Lipinski definition) is 1. The van der Waals surface area contributed by atoms with Crippen LogP contribution < -0.4 is 14.8 Å². The Balaban J connectivity index is 3.10. The van der Waals surface area contributed by atoms with Crippen LogP contribution in [0.4, 0.5) is 0 Å². The number of benzene rings is 1. The van der Waals surface area contributed by atoms with Crippen LogP contribution in [0.5, 0.6) is 11.5 Å². The first-order chi connectivity index (χ1) is 9.84. The predicted octanol–water partition coefficient (Wildman–Crippen LogP) is 4.65. The van der Waals surface area contributed by atoms with Gasteiger partial charge in [0.2, 0.25) is 0 Å². The van der Waals surface area contributed by atoms with Crippen LogP contribution in [0.2, 0.25) is 0 Å². The molecular weight excluding hydrogens is 350 g/mol. The molecule has 21 heavy (non-hydrogen) atoms. The molecule has 1 aromatic carbocycles. The van der Waals surface area contributed by atoms with Gasteiger partial charge in [0, 0.05) is 22.1 Å². The van der Waals surface area contributed by atoms with Crippen molar-refractivity contribution in [3.63, 3.8) is 0 Å². The zero-order valence-corrected chi connectivity index (χ0v) is 16.2. The van der Waals surface area contributed by atoms with Gasteiger partial charge in [-0.15, -0.1) is 0 Å². The molecule has 3 nitrogen and oxygen atoms in total. The smallest absolute Gasteiger partial charge is 0.141 e. The van der Waals surface area contributed by atoms with Crippen LogP contribution in [-0.2, 0) is 0 Å². The number of hydrogen-bond acceptors (Lipinski definition) is 4. The van der Waals surface area contributed by atoms with E-state index >= 15 is 0 Å². The summed E-state index contributed by atoms with van der Waals surface area (Å²) in [6.45, 7) is 9.76. The molecule has 1 N–H and O–H groups in total. The maximum Gasteiger partial charge on any atom is 0.141 e. The van der Waals surface area contributed by atoms with Crippen molar-refractivity contribution >= 4 is 27.7 Å². The Morgan fingerprint density at radius 1 is 1.24 bits per heavy atom. The zero-order chi connectivity index (χ0) is 16.0. The number of halogens is 1. The monoisotopic (exact) mass is 375 g/mol. The molecule has 0 aliphatic carbocycles. The molecule has 0 aliphatic heterocycles. The van der Waals surface area contributed by atoms with E-state index in [0.29, 0.717) is 0 Å². The minimum Gasteiger partial charge on any atom is -0.495 e.